The zero-order valence-electron chi connectivity index (χ0n) is 14.4. The molecule has 1 aliphatic carbocycles. The van der Waals surface area contributed by atoms with E-state index in [1.165, 1.54) is 5.56 Å². The summed E-state index contributed by atoms with van der Waals surface area (Å²) >= 11 is 0. The molecule has 0 bridgehead atoms. The summed E-state index contributed by atoms with van der Waals surface area (Å²) in [4.78, 5) is 11.8. The lowest BCUT2D eigenvalue weighted by Crippen LogP contribution is -2.52. The average molecular weight is 340 g/mol. The molecule has 0 saturated heterocycles. The van der Waals surface area contributed by atoms with Gasteiger partial charge in [0.1, 0.15) is 12.4 Å². The topological polar surface area (TPSA) is 59.6 Å². The highest BCUT2D eigenvalue weighted by atomic mass is 16.5. The highest BCUT2D eigenvalue weighted by Gasteiger charge is 2.30. The molecule has 1 saturated carbocycles. The summed E-state index contributed by atoms with van der Waals surface area (Å²) in [6, 6.07) is 18.3. The van der Waals surface area contributed by atoms with E-state index in [1.54, 1.807) is 7.11 Å². The Bertz CT molecular complexity index is 684. The van der Waals surface area contributed by atoms with Gasteiger partial charge in [-0.3, -0.25) is 0 Å². The number of ether oxygens (including phenoxy) is 2. The van der Waals surface area contributed by atoms with Crippen molar-refractivity contribution in [3.63, 3.8) is 0 Å². The maximum atomic E-state index is 11.8. The number of nitrogens with one attached hydrogen (secondary N) is 2. The predicted molar refractivity (Wildman–Crippen MR) is 96.4 cm³/mol. The van der Waals surface area contributed by atoms with E-state index in [2.05, 4.69) is 16.7 Å². The minimum atomic E-state index is -0.347. The van der Waals surface area contributed by atoms with Crippen LogP contribution in [0.2, 0.25) is 0 Å². The Kier molecular flexibility index (Phi) is 5.90. The van der Waals surface area contributed by atoms with Gasteiger partial charge in [0.15, 0.2) is 0 Å². The summed E-state index contributed by atoms with van der Waals surface area (Å²) in [5.74, 6) is 0.869. The Labute approximate surface area is 148 Å². The van der Waals surface area contributed by atoms with Gasteiger partial charge in [-0.15, -0.1) is 0 Å². The summed E-state index contributed by atoms with van der Waals surface area (Å²) in [6.45, 7) is 1.10. The van der Waals surface area contributed by atoms with Gasteiger partial charge >= 0.3 is 6.09 Å². The van der Waals surface area contributed by atoms with E-state index in [0.717, 1.165) is 30.7 Å². The molecule has 0 heterocycles. The number of hydrogen-bond acceptors (Lipinski definition) is 4. The third-order valence-electron chi connectivity index (χ3n) is 4.40. The zero-order valence-corrected chi connectivity index (χ0v) is 14.4. The van der Waals surface area contributed by atoms with Gasteiger partial charge in [-0.05, 0) is 36.1 Å². The van der Waals surface area contributed by atoms with Gasteiger partial charge in [0.2, 0.25) is 0 Å². The smallest absolute Gasteiger partial charge is 0.407 e. The number of carbonyl (C=O) groups excluding carboxylic acids is 1. The molecule has 0 spiro atoms. The first-order valence-electron chi connectivity index (χ1n) is 8.56. The van der Waals surface area contributed by atoms with Crippen LogP contribution < -0.4 is 15.4 Å². The maximum Gasteiger partial charge on any atom is 0.407 e. The Morgan fingerprint density at radius 1 is 1.04 bits per heavy atom. The SMILES string of the molecule is COc1cccc(CNC2CC(NC(=O)OCc3ccccc3)C2)c1. The van der Waals surface area contributed by atoms with Crippen LogP contribution in [-0.2, 0) is 17.9 Å². The number of hydrogen-bond donors (Lipinski definition) is 2. The van der Waals surface area contributed by atoms with Crippen molar-refractivity contribution in [2.24, 2.45) is 0 Å². The molecular formula is C20H24N2O3. The van der Waals surface area contributed by atoms with Gasteiger partial charge in [-0.25, -0.2) is 4.79 Å². The molecular weight excluding hydrogens is 316 g/mol. The van der Waals surface area contributed by atoms with Crippen LogP contribution in [0.4, 0.5) is 4.79 Å². The third kappa shape index (κ3) is 5.22. The van der Waals surface area contributed by atoms with Crippen molar-refractivity contribution in [3.8, 4) is 5.75 Å². The lowest BCUT2D eigenvalue weighted by molar-refractivity contribution is 0.125. The van der Waals surface area contributed by atoms with Crippen LogP contribution in [0.25, 0.3) is 0 Å². The van der Waals surface area contributed by atoms with Crippen molar-refractivity contribution in [2.75, 3.05) is 7.11 Å². The maximum absolute atomic E-state index is 11.8. The molecule has 1 fully saturated rings. The number of rotatable bonds is 7. The Balaban J connectivity index is 1.32. The van der Waals surface area contributed by atoms with Crippen LogP contribution in [0.1, 0.15) is 24.0 Å². The van der Waals surface area contributed by atoms with Crippen molar-refractivity contribution in [1.82, 2.24) is 10.6 Å². The molecule has 2 aromatic carbocycles. The quantitative estimate of drug-likeness (QED) is 0.812. The normalized spacial score (nSPS) is 18.9. The van der Waals surface area contributed by atoms with Gasteiger partial charge < -0.3 is 20.1 Å². The molecule has 0 aliphatic heterocycles. The highest BCUT2D eigenvalue weighted by molar-refractivity contribution is 5.67. The number of carbonyl (C=O) groups is 1. The molecule has 1 amide bonds. The first-order valence-corrected chi connectivity index (χ1v) is 8.56. The molecule has 0 unspecified atom stereocenters. The van der Waals surface area contributed by atoms with E-state index < -0.39 is 0 Å². The van der Waals surface area contributed by atoms with E-state index in [9.17, 15) is 4.79 Å². The van der Waals surface area contributed by atoms with Crippen molar-refractivity contribution < 1.29 is 14.3 Å². The zero-order chi connectivity index (χ0) is 17.5. The van der Waals surface area contributed by atoms with E-state index in [4.69, 9.17) is 9.47 Å². The molecule has 0 radical (unpaired) electrons. The summed E-state index contributed by atoms with van der Waals surface area (Å²) in [5.41, 5.74) is 2.18. The number of alkyl carbamates (subject to hydrolysis) is 1. The van der Waals surface area contributed by atoms with E-state index in [-0.39, 0.29) is 12.1 Å². The van der Waals surface area contributed by atoms with Crippen LogP contribution in [0.15, 0.2) is 54.6 Å². The lowest BCUT2D eigenvalue weighted by atomic mass is 9.87. The molecule has 5 nitrogen and oxygen atoms in total. The van der Waals surface area contributed by atoms with Crippen LogP contribution in [-0.4, -0.2) is 25.3 Å². The molecule has 132 valence electrons. The van der Waals surface area contributed by atoms with E-state index in [0.29, 0.717) is 12.6 Å². The highest BCUT2D eigenvalue weighted by Crippen LogP contribution is 2.21. The minimum Gasteiger partial charge on any atom is -0.497 e. The largest absolute Gasteiger partial charge is 0.497 e. The summed E-state index contributed by atoms with van der Waals surface area (Å²) in [6.07, 6.45) is 1.49. The van der Waals surface area contributed by atoms with Crippen molar-refractivity contribution >= 4 is 6.09 Å². The Morgan fingerprint density at radius 3 is 2.56 bits per heavy atom. The minimum absolute atomic E-state index is 0.186. The number of benzene rings is 2. The second kappa shape index (κ2) is 8.53. The van der Waals surface area contributed by atoms with Crippen LogP contribution in [0.5, 0.6) is 5.75 Å². The molecule has 25 heavy (non-hydrogen) atoms. The van der Waals surface area contributed by atoms with Crippen LogP contribution >= 0.6 is 0 Å². The Hall–Kier alpha value is -2.53. The summed E-state index contributed by atoms with van der Waals surface area (Å²) < 4.78 is 10.5. The molecule has 2 aromatic rings. The van der Waals surface area contributed by atoms with Gasteiger partial charge in [0, 0.05) is 18.6 Å². The average Bonchev–Trinajstić information content (AvgIpc) is 2.62. The third-order valence-corrected chi connectivity index (χ3v) is 4.40. The molecule has 3 rings (SSSR count). The molecule has 2 N–H and O–H groups in total. The molecule has 0 atom stereocenters. The fraction of sp³-hybridized carbons (Fsp3) is 0.350. The standard InChI is InChI=1S/C20H24N2O3/c1-24-19-9-5-8-16(10-19)13-21-17-11-18(12-17)22-20(23)25-14-15-6-3-2-4-7-15/h2-10,17-18,21H,11-14H2,1H3,(H,22,23). The second-order valence-corrected chi connectivity index (χ2v) is 6.30. The predicted octanol–water partition coefficient (Wildman–Crippen LogP) is 3.24. The van der Waals surface area contributed by atoms with Crippen molar-refractivity contribution in [1.29, 1.82) is 0 Å². The molecule has 1 aliphatic rings. The summed E-state index contributed by atoms with van der Waals surface area (Å²) in [5, 5.41) is 6.41. The first kappa shape index (κ1) is 17.3. The monoisotopic (exact) mass is 340 g/mol. The molecule has 5 heteroatoms. The fourth-order valence-electron chi connectivity index (χ4n) is 2.88. The van der Waals surface area contributed by atoms with Crippen LogP contribution in [0, 0.1) is 0 Å². The van der Waals surface area contributed by atoms with E-state index in [1.807, 2.05) is 48.5 Å². The fourth-order valence-corrected chi connectivity index (χ4v) is 2.88. The van der Waals surface area contributed by atoms with Gasteiger partial charge in [0.25, 0.3) is 0 Å². The van der Waals surface area contributed by atoms with Gasteiger partial charge in [0.05, 0.1) is 7.11 Å². The van der Waals surface area contributed by atoms with E-state index >= 15 is 0 Å². The van der Waals surface area contributed by atoms with Crippen molar-refractivity contribution in [2.45, 2.75) is 38.1 Å². The second-order valence-electron chi connectivity index (χ2n) is 6.30. The van der Waals surface area contributed by atoms with Crippen LogP contribution in [0.3, 0.4) is 0 Å². The first-order chi connectivity index (χ1) is 12.2. The summed E-state index contributed by atoms with van der Waals surface area (Å²) in [7, 11) is 1.67. The van der Waals surface area contributed by atoms with Gasteiger partial charge in [-0.2, -0.15) is 0 Å². The Morgan fingerprint density at radius 2 is 1.80 bits per heavy atom. The number of methoxy groups -OCH3 is 1. The number of amides is 1. The molecule has 0 aromatic heterocycles. The van der Waals surface area contributed by atoms with Crippen molar-refractivity contribution in [3.05, 3.63) is 65.7 Å². The van der Waals surface area contributed by atoms with Gasteiger partial charge in [-0.1, -0.05) is 42.5 Å². The lowest BCUT2D eigenvalue weighted by Gasteiger charge is -2.36.